The minimum absolute atomic E-state index is 0.106. The standard InChI is InChI=1S/C10H4Cl2F3/c1-2-9(10(13,14)15)6-3-7(11)5-8(12)4-6/h1,3-5H. The average Bonchev–Trinajstić information content (AvgIpc) is 1.99. The molecule has 0 aliphatic rings. The van der Waals surface area contributed by atoms with E-state index in [2.05, 4.69) is 0 Å². The third kappa shape index (κ3) is 3.05. The number of benzene rings is 1. The summed E-state index contributed by atoms with van der Waals surface area (Å²) in [5, 5.41) is 0.212. The molecule has 0 atom stereocenters. The molecule has 0 nitrogen and oxygen atoms in total. The Morgan fingerprint density at radius 3 is 1.93 bits per heavy atom. The number of rotatable bonds is 1. The van der Waals surface area contributed by atoms with Crippen LogP contribution >= 0.6 is 23.2 Å². The molecular formula is C10H4Cl2F3. The smallest absolute Gasteiger partial charge is 0.169 e. The van der Waals surface area contributed by atoms with Gasteiger partial charge in [0, 0.05) is 10.0 Å². The Bertz CT molecular complexity index is 384. The first-order valence-electron chi connectivity index (χ1n) is 3.72. The molecule has 5 heteroatoms. The van der Waals surface area contributed by atoms with Gasteiger partial charge >= 0.3 is 6.18 Å². The van der Waals surface area contributed by atoms with E-state index in [0.29, 0.717) is 0 Å². The summed E-state index contributed by atoms with van der Waals surface area (Å²) in [6.45, 7) is 0. The SMILES string of the molecule is C#C[C](c1cc(Cl)cc(Cl)c1)C(F)(F)F. The van der Waals surface area contributed by atoms with Gasteiger partial charge < -0.3 is 0 Å². The fourth-order valence-electron chi connectivity index (χ4n) is 1.03. The van der Waals surface area contributed by atoms with Gasteiger partial charge in [0.2, 0.25) is 0 Å². The summed E-state index contributed by atoms with van der Waals surface area (Å²) >= 11 is 11.1. The van der Waals surface area contributed by atoms with Crippen LogP contribution in [-0.2, 0) is 0 Å². The first kappa shape index (κ1) is 12.2. The van der Waals surface area contributed by atoms with Crippen molar-refractivity contribution in [1.82, 2.24) is 0 Å². The van der Waals surface area contributed by atoms with Crippen LogP contribution in [0.4, 0.5) is 13.2 Å². The summed E-state index contributed by atoms with van der Waals surface area (Å²) in [6, 6.07) is 3.57. The maximum absolute atomic E-state index is 12.4. The van der Waals surface area contributed by atoms with Crippen LogP contribution in [0.1, 0.15) is 5.56 Å². The molecule has 79 valence electrons. The highest BCUT2D eigenvalue weighted by molar-refractivity contribution is 6.34. The highest BCUT2D eigenvalue weighted by atomic mass is 35.5. The fraction of sp³-hybridized carbons (Fsp3) is 0.100. The molecule has 1 rings (SSSR count). The van der Waals surface area contributed by atoms with Crippen molar-refractivity contribution in [2.75, 3.05) is 0 Å². The van der Waals surface area contributed by atoms with Gasteiger partial charge in [-0.1, -0.05) is 29.1 Å². The van der Waals surface area contributed by atoms with E-state index < -0.39 is 12.1 Å². The fourth-order valence-corrected chi connectivity index (χ4v) is 1.55. The summed E-state index contributed by atoms with van der Waals surface area (Å²) in [5.74, 6) is 0.496. The highest BCUT2D eigenvalue weighted by Crippen LogP contribution is 2.35. The number of hydrogen-bond acceptors (Lipinski definition) is 0. The monoisotopic (exact) mass is 251 g/mol. The first-order valence-corrected chi connectivity index (χ1v) is 4.47. The molecule has 1 radical (unpaired) electrons. The number of halogens is 5. The second-order valence-electron chi connectivity index (χ2n) is 2.68. The topological polar surface area (TPSA) is 0 Å². The van der Waals surface area contributed by atoms with Crippen LogP contribution < -0.4 is 0 Å². The summed E-state index contributed by atoms with van der Waals surface area (Å²) in [5.41, 5.74) is -0.206. The lowest BCUT2D eigenvalue weighted by atomic mass is 10.00. The van der Waals surface area contributed by atoms with Crippen molar-refractivity contribution in [2.24, 2.45) is 0 Å². The molecule has 0 bridgehead atoms. The largest absolute Gasteiger partial charge is 0.411 e. The van der Waals surface area contributed by atoms with Gasteiger partial charge in [0.25, 0.3) is 0 Å². The maximum Gasteiger partial charge on any atom is 0.411 e. The summed E-state index contributed by atoms with van der Waals surface area (Å²) in [6.07, 6.45) is 0.217. The lowest BCUT2D eigenvalue weighted by Gasteiger charge is -2.14. The molecule has 15 heavy (non-hydrogen) atoms. The van der Waals surface area contributed by atoms with E-state index in [4.69, 9.17) is 29.6 Å². The van der Waals surface area contributed by atoms with Crippen LogP contribution in [-0.4, -0.2) is 6.18 Å². The second-order valence-corrected chi connectivity index (χ2v) is 3.55. The van der Waals surface area contributed by atoms with Gasteiger partial charge in [-0.25, -0.2) is 0 Å². The normalized spacial score (nSPS) is 11.5. The van der Waals surface area contributed by atoms with Crippen molar-refractivity contribution < 1.29 is 13.2 Å². The van der Waals surface area contributed by atoms with Crippen molar-refractivity contribution in [3.05, 3.63) is 39.7 Å². The molecule has 0 saturated heterocycles. The minimum atomic E-state index is -4.58. The van der Waals surface area contributed by atoms with Crippen LogP contribution in [0.2, 0.25) is 10.0 Å². The van der Waals surface area contributed by atoms with E-state index in [0.717, 1.165) is 12.1 Å². The predicted molar refractivity (Wildman–Crippen MR) is 53.7 cm³/mol. The van der Waals surface area contributed by atoms with E-state index in [-0.39, 0.29) is 15.6 Å². The zero-order valence-electron chi connectivity index (χ0n) is 7.20. The van der Waals surface area contributed by atoms with E-state index in [1.54, 1.807) is 5.92 Å². The molecule has 0 aromatic heterocycles. The number of terminal acetylenes is 1. The van der Waals surface area contributed by atoms with Gasteiger partial charge in [-0.3, -0.25) is 0 Å². The summed E-state index contributed by atoms with van der Waals surface area (Å²) in [7, 11) is 0. The van der Waals surface area contributed by atoms with Crippen molar-refractivity contribution in [2.45, 2.75) is 6.18 Å². The Kier molecular flexibility index (Phi) is 3.54. The lowest BCUT2D eigenvalue weighted by molar-refractivity contribution is -0.102. The third-order valence-corrected chi connectivity index (χ3v) is 2.02. The molecule has 0 heterocycles. The lowest BCUT2D eigenvalue weighted by Crippen LogP contribution is -2.20. The minimum Gasteiger partial charge on any atom is -0.169 e. The predicted octanol–water partition coefficient (Wildman–Crippen LogP) is 4.11. The molecule has 0 aliphatic heterocycles. The second kappa shape index (κ2) is 4.34. The van der Waals surface area contributed by atoms with Gasteiger partial charge in [0.1, 0.15) is 0 Å². The van der Waals surface area contributed by atoms with Gasteiger partial charge in [-0.05, 0) is 23.8 Å². The number of alkyl halides is 3. The molecule has 0 N–H and O–H groups in total. The third-order valence-electron chi connectivity index (χ3n) is 1.58. The van der Waals surface area contributed by atoms with E-state index in [1.165, 1.54) is 6.07 Å². The van der Waals surface area contributed by atoms with E-state index in [1.807, 2.05) is 0 Å². The van der Waals surface area contributed by atoms with Gasteiger partial charge in [-0.2, -0.15) is 13.2 Å². The Morgan fingerprint density at radius 2 is 1.60 bits per heavy atom. The van der Waals surface area contributed by atoms with Crippen molar-refractivity contribution in [3.63, 3.8) is 0 Å². The molecule has 1 aromatic rings. The summed E-state index contributed by atoms with van der Waals surface area (Å²) in [4.78, 5) is 0. The quantitative estimate of drug-likeness (QED) is 0.659. The molecule has 0 spiro atoms. The molecule has 0 saturated carbocycles. The van der Waals surface area contributed by atoms with Crippen LogP contribution in [0.25, 0.3) is 0 Å². The van der Waals surface area contributed by atoms with Crippen LogP contribution in [0.5, 0.6) is 0 Å². The van der Waals surface area contributed by atoms with Crippen molar-refractivity contribution in [1.29, 1.82) is 0 Å². The van der Waals surface area contributed by atoms with Crippen molar-refractivity contribution in [3.8, 4) is 12.3 Å². The van der Waals surface area contributed by atoms with Gasteiger partial charge in [0.05, 0.1) is 0 Å². The average molecular weight is 252 g/mol. The molecule has 0 unspecified atom stereocenters. The Balaban J connectivity index is 3.20. The van der Waals surface area contributed by atoms with Crippen LogP contribution in [0, 0.1) is 18.3 Å². The molecule has 0 amide bonds. The van der Waals surface area contributed by atoms with Gasteiger partial charge in [0.15, 0.2) is 5.92 Å². The summed E-state index contributed by atoms with van der Waals surface area (Å²) < 4.78 is 37.2. The van der Waals surface area contributed by atoms with Crippen LogP contribution in [0.15, 0.2) is 18.2 Å². The Morgan fingerprint density at radius 1 is 1.13 bits per heavy atom. The van der Waals surface area contributed by atoms with E-state index >= 15 is 0 Å². The van der Waals surface area contributed by atoms with Gasteiger partial charge in [-0.15, -0.1) is 6.42 Å². The molecular weight excluding hydrogens is 248 g/mol. The van der Waals surface area contributed by atoms with Crippen LogP contribution in [0.3, 0.4) is 0 Å². The Labute approximate surface area is 95.0 Å². The maximum atomic E-state index is 12.4. The zero-order chi connectivity index (χ0) is 11.6. The molecule has 0 fully saturated rings. The zero-order valence-corrected chi connectivity index (χ0v) is 8.71. The van der Waals surface area contributed by atoms with Crippen molar-refractivity contribution >= 4 is 23.2 Å². The Hall–Kier alpha value is -0.850. The first-order chi connectivity index (χ1) is 6.84. The molecule has 1 aromatic carbocycles. The molecule has 0 aliphatic carbocycles. The highest BCUT2D eigenvalue weighted by Gasteiger charge is 2.41. The number of hydrogen-bond donors (Lipinski definition) is 0. The van der Waals surface area contributed by atoms with E-state index in [9.17, 15) is 13.2 Å².